The van der Waals surface area contributed by atoms with Gasteiger partial charge >= 0.3 is 6.18 Å². The monoisotopic (exact) mass is 316 g/mol. The molecular formula is C15H19F3N2O2. The van der Waals surface area contributed by atoms with Crippen molar-refractivity contribution in [3.8, 4) is 0 Å². The van der Waals surface area contributed by atoms with Crippen LogP contribution >= 0.6 is 0 Å². The molecule has 2 N–H and O–H groups in total. The van der Waals surface area contributed by atoms with Crippen LogP contribution in [0.1, 0.15) is 19.3 Å². The third-order valence-corrected chi connectivity index (χ3v) is 3.75. The summed E-state index contributed by atoms with van der Waals surface area (Å²) in [5.41, 5.74) is 1.11. The number of hydrogen-bond acceptors (Lipinski definition) is 3. The molecule has 0 aromatic heterocycles. The van der Waals surface area contributed by atoms with Crippen molar-refractivity contribution in [2.24, 2.45) is 5.92 Å². The van der Waals surface area contributed by atoms with Gasteiger partial charge in [-0.25, -0.2) is 0 Å². The van der Waals surface area contributed by atoms with Gasteiger partial charge in [0.05, 0.1) is 11.4 Å². The predicted octanol–water partition coefficient (Wildman–Crippen LogP) is 2.79. The molecule has 0 aliphatic carbocycles. The number of nitrogens with one attached hydrogen (secondary N) is 1. The minimum absolute atomic E-state index is 0.151. The van der Waals surface area contributed by atoms with E-state index >= 15 is 0 Å². The van der Waals surface area contributed by atoms with Crippen molar-refractivity contribution in [1.29, 1.82) is 0 Å². The molecule has 22 heavy (non-hydrogen) atoms. The first-order valence-corrected chi connectivity index (χ1v) is 7.20. The minimum atomic E-state index is -4.52. The van der Waals surface area contributed by atoms with Crippen molar-refractivity contribution in [1.82, 2.24) is 0 Å². The van der Waals surface area contributed by atoms with Crippen molar-refractivity contribution in [2.45, 2.75) is 25.4 Å². The number of carbonyl (C=O) groups excluding carboxylic acids is 1. The van der Waals surface area contributed by atoms with Gasteiger partial charge in [-0.1, -0.05) is 12.1 Å². The number of nitrogens with zero attached hydrogens (tertiary/aromatic N) is 1. The van der Waals surface area contributed by atoms with E-state index in [4.69, 9.17) is 5.11 Å². The standard InChI is InChI=1S/C15H19F3N2O2/c16-15(17,18)9-14(22)19-12-3-1-2-4-13(12)20-7-5-11(10-21)6-8-20/h1-4,11,21H,5-10H2,(H,19,22). The average molecular weight is 316 g/mol. The molecule has 122 valence electrons. The van der Waals surface area contributed by atoms with E-state index in [0.29, 0.717) is 18.8 Å². The lowest BCUT2D eigenvalue weighted by Gasteiger charge is -2.34. The van der Waals surface area contributed by atoms with Crippen LogP contribution in [0.3, 0.4) is 0 Å². The molecule has 1 aliphatic rings. The number of rotatable bonds is 4. The van der Waals surface area contributed by atoms with E-state index in [1.165, 1.54) is 0 Å². The quantitative estimate of drug-likeness (QED) is 0.898. The number of carbonyl (C=O) groups is 1. The zero-order valence-electron chi connectivity index (χ0n) is 12.1. The Kier molecular flexibility index (Phi) is 5.28. The molecule has 1 fully saturated rings. The first-order valence-electron chi connectivity index (χ1n) is 7.20. The van der Waals surface area contributed by atoms with Crippen molar-refractivity contribution >= 4 is 17.3 Å². The summed E-state index contributed by atoms with van der Waals surface area (Å²) >= 11 is 0. The van der Waals surface area contributed by atoms with Gasteiger partial charge in [0.2, 0.25) is 5.91 Å². The Bertz CT molecular complexity index is 512. The zero-order valence-corrected chi connectivity index (χ0v) is 12.1. The van der Waals surface area contributed by atoms with Gasteiger partial charge in [0.15, 0.2) is 0 Å². The molecule has 1 aliphatic heterocycles. The third-order valence-electron chi connectivity index (χ3n) is 3.75. The Labute approximate surface area is 126 Å². The molecule has 0 saturated carbocycles. The van der Waals surface area contributed by atoms with Gasteiger partial charge in [-0.05, 0) is 30.9 Å². The highest BCUT2D eigenvalue weighted by Gasteiger charge is 2.31. The molecule has 1 aromatic carbocycles. The zero-order chi connectivity index (χ0) is 16.2. The Balaban J connectivity index is 2.06. The van der Waals surface area contributed by atoms with Crippen LogP contribution in [-0.4, -0.2) is 36.9 Å². The number of aliphatic hydroxyl groups is 1. The van der Waals surface area contributed by atoms with E-state index in [0.717, 1.165) is 18.5 Å². The number of amides is 1. The van der Waals surface area contributed by atoms with Crippen LogP contribution in [-0.2, 0) is 4.79 Å². The highest BCUT2D eigenvalue weighted by molar-refractivity contribution is 5.94. The molecule has 1 heterocycles. The van der Waals surface area contributed by atoms with Crippen LogP contribution in [0.4, 0.5) is 24.5 Å². The van der Waals surface area contributed by atoms with Gasteiger partial charge in [0.1, 0.15) is 6.42 Å². The van der Waals surface area contributed by atoms with Gasteiger partial charge in [0.25, 0.3) is 0 Å². The molecule has 7 heteroatoms. The maximum Gasteiger partial charge on any atom is 0.397 e. The predicted molar refractivity (Wildman–Crippen MR) is 77.8 cm³/mol. The van der Waals surface area contributed by atoms with Gasteiger partial charge in [-0.3, -0.25) is 4.79 Å². The molecule has 0 radical (unpaired) electrons. The third kappa shape index (κ3) is 4.62. The first-order chi connectivity index (χ1) is 10.4. The van der Waals surface area contributed by atoms with Crippen LogP contribution in [0.5, 0.6) is 0 Å². The summed E-state index contributed by atoms with van der Waals surface area (Å²) in [5, 5.41) is 11.5. The summed E-state index contributed by atoms with van der Waals surface area (Å²) in [4.78, 5) is 13.5. The van der Waals surface area contributed by atoms with E-state index in [1.54, 1.807) is 24.3 Å². The number of halogens is 3. The van der Waals surface area contributed by atoms with E-state index in [2.05, 4.69) is 5.32 Å². The van der Waals surface area contributed by atoms with Crippen LogP contribution in [0.25, 0.3) is 0 Å². The number of aliphatic hydroxyl groups excluding tert-OH is 1. The van der Waals surface area contributed by atoms with E-state index in [1.807, 2.05) is 4.90 Å². The van der Waals surface area contributed by atoms with E-state index in [9.17, 15) is 18.0 Å². The second-order valence-electron chi connectivity index (χ2n) is 5.47. The lowest BCUT2D eigenvalue weighted by molar-refractivity contribution is -0.150. The van der Waals surface area contributed by atoms with Crippen molar-refractivity contribution in [3.63, 3.8) is 0 Å². The van der Waals surface area contributed by atoms with Crippen molar-refractivity contribution in [2.75, 3.05) is 29.9 Å². The van der Waals surface area contributed by atoms with Gasteiger partial charge in [-0.15, -0.1) is 0 Å². The second-order valence-corrected chi connectivity index (χ2v) is 5.47. The molecule has 0 spiro atoms. The van der Waals surface area contributed by atoms with Gasteiger partial charge < -0.3 is 15.3 Å². The smallest absolute Gasteiger partial charge is 0.396 e. The molecule has 1 saturated heterocycles. The number of benzene rings is 1. The van der Waals surface area contributed by atoms with Crippen LogP contribution in [0.2, 0.25) is 0 Å². The maximum absolute atomic E-state index is 12.3. The number of alkyl halides is 3. The number of hydrogen-bond donors (Lipinski definition) is 2. The Hall–Kier alpha value is -1.76. The summed E-state index contributed by atoms with van der Waals surface area (Å²) in [6, 6.07) is 6.84. The van der Waals surface area contributed by atoms with E-state index < -0.39 is 18.5 Å². The minimum Gasteiger partial charge on any atom is -0.396 e. The average Bonchev–Trinajstić information content (AvgIpc) is 2.46. The van der Waals surface area contributed by atoms with Crippen molar-refractivity contribution < 1.29 is 23.1 Å². The topological polar surface area (TPSA) is 52.6 Å². The molecule has 0 atom stereocenters. The highest BCUT2D eigenvalue weighted by atomic mass is 19.4. The Morgan fingerprint density at radius 2 is 1.91 bits per heavy atom. The Morgan fingerprint density at radius 3 is 2.50 bits per heavy atom. The molecule has 0 bridgehead atoms. The summed E-state index contributed by atoms with van der Waals surface area (Å²) < 4.78 is 36.8. The molecule has 2 rings (SSSR count). The lowest BCUT2D eigenvalue weighted by atomic mass is 9.97. The molecule has 0 unspecified atom stereocenters. The summed E-state index contributed by atoms with van der Waals surface area (Å²) in [5.74, 6) is -0.798. The second kappa shape index (κ2) is 7.00. The molecule has 1 aromatic rings. The fourth-order valence-corrected chi connectivity index (χ4v) is 2.59. The number of anilines is 2. The molecule has 1 amide bonds. The normalized spacial score (nSPS) is 16.6. The SMILES string of the molecule is O=C(CC(F)(F)F)Nc1ccccc1N1CCC(CO)CC1. The van der Waals surface area contributed by atoms with E-state index in [-0.39, 0.29) is 12.5 Å². The summed E-state index contributed by atoms with van der Waals surface area (Å²) in [6.07, 6.45) is -4.37. The lowest BCUT2D eigenvalue weighted by Crippen LogP contribution is -2.35. The summed E-state index contributed by atoms with van der Waals surface area (Å²) in [7, 11) is 0. The molecule has 4 nitrogen and oxygen atoms in total. The molecular weight excluding hydrogens is 297 g/mol. The van der Waals surface area contributed by atoms with Crippen LogP contribution in [0.15, 0.2) is 24.3 Å². The highest BCUT2D eigenvalue weighted by Crippen LogP contribution is 2.30. The Morgan fingerprint density at radius 1 is 1.27 bits per heavy atom. The fraction of sp³-hybridized carbons (Fsp3) is 0.533. The maximum atomic E-state index is 12.3. The van der Waals surface area contributed by atoms with Crippen LogP contribution < -0.4 is 10.2 Å². The van der Waals surface area contributed by atoms with Crippen LogP contribution in [0, 0.1) is 5.92 Å². The largest absolute Gasteiger partial charge is 0.397 e. The number of piperidine rings is 1. The fourth-order valence-electron chi connectivity index (χ4n) is 2.59. The van der Waals surface area contributed by atoms with Gasteiger partial charge in [0, 0.05) is 19.7 Å². The van der Waals surface area contributed by atoms with Gasteiger partial charge in [-0.2, -0.15) is 13.2 Å². The number of para-hydroxylation sites is 2. The first kappa shape index (κ1) is 16.6. The van der Waals surface area contributed by atoms with Crippen molar-refractivity contribution in [3.05, 3.63) is 24.3 Å². The summed E-state index contributed by atoms with van der Waals surface area (Å²) in [6.45, 7) is 1.56.